The van der Waals surface area contributed by atoms with Crippen molar-refractivity contribution in [1.29, 1.82) is 0 Å². The Morgan fingerprint density at radius 2 is 1.88 bits per heavy atom. The molecule has 1 N–H and O–H groups in total. The smallest absolute Gasteiger partial charge is 0.227 e. The van der Waals surface area contributed by atoms with Crippen LogP contribution in [0.3, 0.4) is 0 Å². The third kappa shape index (κ3) is 4.06. The van der Waals surface area contributed by atoms with Gasteiger partial charge in [0.15, 0.2) is 0 Å². The van der Waals surface area contributed by atoms with Gasteiger partial charge in [-0.05, 0) is 73.9 Å². The molecule has 0 radical (unpaired) electrons. The van der Waals surface area contributed by atoms with E-state index in [-0.39, 0.29) is 17.6 Å². The molecule has 2 aromatic rings. The number of anilines is 2. The molecule has 26 heavy (non-hydrogen) atoms. The van der Waals surface area contributed by atoms with E-state index in [4.69, 9.17) is 0 Å². The summed E-state index contributed by atoms with van der Waals surface area (Å²) in [4.78, 5) is 14.5. The lowest BCUT2D eigenvalue weighted by Gasteiger charge is -2.23. The Kier molecular flexibility index (Phi) is 4.91. The fourth-order valence-corrected chi connectivity index (χ4v) is 3.67. The van der Waals surface area contributed by atoms with E-state index >= 15 is 0 Å². The molecule has 0 aromatic heterocycles. The lowest BCUT2D eigenvalue weighted by molar-refractivity contribution is -0.117. The Labute approximate surface area is 154 Å². The van der Waals surface area contributed by atoms with Crippen LogP contribution in [0.5, 0.6) is 0 Å². The number of carbonyl (C=O) groups excluding carboxylic acids is 1. The average molecular weight is 352 g/mol. The monoisotopic (exact) mass is 352 g/mol. The van der Waals surface area contributed by atoms with Crippen molar-refractivity contribution in [1.82, 2.24) is 0 Å². The summed E-state index contributed by atoms with van der Waals surface area (Å²) in [6.07, 6.45) is 6.12. The number of aryl methyl sites for hydroxylation is 2. The minimum Gasteiger partial charge on any atom is -0.371 e. The minimum absolute atomic E-state index is 0.143. The van der Waals surface area contributed by atoms with Gasteiger partial charge in [0.2, 0.25) is 5.91 Å². The predicted molar refractivity (Wildman–Crippen MR) is 103 cm³/mol. The van der Waals surface area contributed by atoms with Gasteiger partial charge in [-0.1, -0.05) is 18.2 Å². The van der Waals surface area contributed by atoms with Crippen molar-refractivity contribution in [2.45, 2.75) is 38.5 Å². The zero-order valence-corrected chi connectivity index (χ0v) is 15.0. The largest absolute Gasteiger partial charge is 0.371 e. The van der Waals surface area contributed by atoms with Gasteiger partial charge in [0.05, 0.1) is 0 Å². The molecule has 1 aliphatic carbocycles. The van der Waals surface area contributed by atoms with E-state index in [0.29, 0.717) is 0 Å². The van der Waals surface area contributed by atoms with Crippen LogP contribution in [0.25, 0.3) is 0 Å². The molecule has 1 amide bonds. The Balaban J connectivity index is 1.52. The maximum Gasteiger partial charge on any atom is 0.227 e. The minimum atomic E-state index is -0.180. The van der Waals surface area contributed by atoms with Crippen LogP contribution < -0.4 is 10.2 Å². The molecular formula is C22H25FN2O. The van der Waals surface area contributed by atoms with E-state index in [1.54, 1.807) is 12.1 Å². The Morgan fingerprint density at radius 3 is 2.62 bits per heavy atom. The van der Waals surface area contributed by atoms with E-state index in [0.717, 1.165) is 50.0 Å². The second kappa shape index (κ2) is 7.48. The SMILES string of the molecule is O=C(Nc1ccc(CCc2cccc(F)c2)c(N2CCCC2)c1)C1CC1. The number of hydrogen-bond donors (Lipinski definition) is 1. The quantitative estimate of drug-likeness (QED) is 0.826. The van der Waals surface area contributed by atoms with Gasteiger partial charge in [-0.3, -0.25) is 4.79 Å². The Morgan fingerprint density at radius 1 is 1.08 bits per heavy atom. The third-order valence-electron chi connectivity index (χ3n) is 5.32. The number of amides is 1. The van der Waals surface area contributed by atoms with Crippen LogP contribution in [0.2, 0.25) is 0 Å². The molecule has 136 valence electrons. The number of halogens is 1. The first-order valence-corrected chi connectivity index (χ1v) is 9.62. The molecule has 0 unspecified atom stereocenters. The molecule has 2 fully saturated rings. The number of benzene rings is 2. The van der Waals surface area contributed by atoms with E-state index in [2.05, 4.69) is 22.3 Å². The summed E-state index contributed by atoms with van der Waals surface area (Å²) in [5.74, 6) is 0.170. The van der Waals surface area contributed by atoms with Crippen LogP contribution in [0.15, 0.2) is 42.5 Å². The highest BCUT2D eigenvalue weighted by Crippen LogP contribution is 2.32. The maximum absolute atomic E-state index is 13.4. The van der Waals surface area contributed by atoms with Crippen molar-refractivity contribution in [3.63, 3.8) is 0 Å². The lowest BCUT2D eigenvalue weighted by atomic mass is 10.0. The molecule has 0 spiro atoms. The van der Waals surface area contributed by atoms with Gasteiger partial charge in [0, 0.05) is 30.4 Å². The third-order valence-corrected chi connectivity index (χ3v) is 5.32. The van der Waals surface area contributed by atoms with Crippen LogP contribution in [0.4, 0.5) is 15.8 Å². The van der Waals surface area contributed by atoms with E-state index in [1.165, 1.54) is 30.2 Å². The topological polar surface area (TPSA) is 32.3 Å². The van der Waals surface area contributed by atoms with Crippen molar-refractivity contribution in [3.05, 3.63) is 59.4 Å². The maximum atomic E-state index is 13.4. The van der Waals surface area contributed by atoms with Crippen LogP contribution in [-0.4, -0.2) is 19.0 Å². The molecule has 1 aliphatic heterocycles. The molecule has 2 aliphatic rings. The first-order valence-electron chi connectivity index (χ1n) is 9.62. The van der Waals surface area contributed by atoms with Gasteiger partial charge in [-0.25, -0.2) is 4.39 Å². The van der Waals surface area contributed by atoms with Crippen LogP contribution in [0, 0.1) is 11.7 Å². The fourth-order valence-electron chi connectivity index (χ4n) is 3.67. The average Bonchev–Trinajstić information content (AvgIpc) is 3.36. The predicted octanol–water partition coefficient (Wildman–Crippen LogP) is 4.56. The number of nitrogens with one attached hydrogen (secondary N) is 1. The summed E-state index contributed by atoms with van der Waals surface area (Å²) in [6.45, 7) is 2.12. The molecule has 1 saturated carbocycles. The fraction of sp³-hybridized carbons (Fsp3) is 0.409. The van der Waals surface area contributed by atoms with Gasteiger partial charge in [0.25, 0.3) is 0 Å². The number of hydrogen-bond acceptors (Lipinski definition) is 2. The summed E-state index contributed by atoms with van der Waals surface area (Å²) in [6, 6.07) is 13.1. The first kappa shape index (κ1) is 17.1. The van der Waals surface area contributed by atoms with E-state index < -0.39 is 0 Å². The molecule has 0 atom stereocenters. The summed E-state index contributed by atoms with van der Waals surface area (Å²) in [5, 5.41) is 3.06. The van der Waals surface area contributed by atoms with E-state index in [1.807, 2.05) is 12.1 Å². The second-order valence-electron chi connectivity index (χ2n) is 7.43. The Hall–Kier alpha value is -2.36. The summed E-state index contributed by atoms with van der Waals surface area (Å²) in [5.41, 5.74) is 4.38. The van der Waals surface area contributed by atoms with Crippen molar-refractivity contribution in [2.24, 2.45) is 5.92 Å². The summed E-state index contributed by atoms with van der Waals surface area (Å²) >= 11 is 0. The van der Waals surface area contributed by atoms with Crippen molar-refractivity contribution < 1.29 is 9.18 Å². The van der Waals surface area contributed by atoms with Gasteiger partial charge < -0.3 is 10.2 Å². The number of rotatable bonds is 6. The highest BCUT2D eigenvalue weighted by Gasteiger charge is 2.29. The molecule has 0 bridgehead atoms. The first-order chi connectivity index (χ1) is 12.7. The summed E-state index contributed by atoms with van der Waals surface area (Å²) < 4.78 is 13.4. The van der Waals surface area contributed by atoms with Crippen LogP contribution in [0.1, 0.15) is 36.8 Å². The van der Waals surface area contributed by atoms with Crippen LogP contribution >= 0.6 is 0 Å². The van der Waals surface area contributed by atoms with Gasteiger partial charge in [0.1, 0.15) is 5.82 Å². The van der Waals surface area contributed by atoms with Crippen molar-refractivity contribution >= 4 is 17.3 Å². The lowest BCUT2D eigenvalue weighted by Crippen LogP contribution is -2.20. The molecule has 2 aromatic carbocycles. The molecular weight excluding hydrogens is 327 g/mol. The molecule has 3 nitrogen and oxygen atoms in total. The molecule has 4 rings (SSSR count). The number of carbonyl (C=O) groups is 1. The van der Waals surface area contributed by atoms with Gasteiger partial charge in [-0.2, -0.15) is 0 Å². The van der Waals surface area contributed by atoms with Crippen molar-refractivity contribution in [2.75, 3.05) is 23.3 Å². The number of nitrogens with zero attached hydrogens (tertiary/aromatic N) is 1. The highest BCUT2D eigenvalue weighted by molar-refractivity contribution is 5.94. The molecule has 4 heteroatoms. The second-order valence-corrected chi connectivity index (χ2v) is 7.43. The van der Waals surface area contributed by atoms with Gasteiger partial charge >= 0.3 is 0 Å². The summed E-state index contributed by atoms with van der Waals surface area (Å²) in [7, 11) is 0. The zero-order chi connectivity index (χ0) is 17.9. The van der Waals surface area contributed by atoms with Crippen LogP contribution in [-0.2, 0) is 17.6 Å². The highest BCUT2D eigenvalue weighted by atomic mass is 19.1. The standard InChI is InChI=1S/C22H25FN2O/c23-19-5-3-4-16(14-19)6-7-17-10-11-20(24-22(26)18-8-9-18)15-21(17)25-12-1-2-13-25/h3-5,10-11,14-15,18H,1-2,6-9,12-13H2,(H,24,26). The van der Waals surface area contributed by atoms with Crippen molar-refractivity contribution in [3.8, 4) is 0 Å². The molecule has 1 heterocycles. The Bertz CT molecular complexity index is 794. The van der Waals surface area contributed by atoms with E-state index in [9.17, 15) is 9.18 Å². The zero-order valence-electron chi connectivity index (χ0n) is 15.0. The van der Waals surface area contributed by atoms with Gasteiger partial charge in [-0.15, -0.1) is 0 Å². The molecule has 1 saturated heterocycles. The normalized spacial score (nSPS) is 16.7.